The topological polar surface area (TPSA) is 92.8 Å². The van der Waals surface area contributed by atoms with Crippen molar-refractivity contribution in [3.8, 4) is 0 Å². The van der Waals surface area contributed by atoms with Crippen LogP contribution in [0.4, 0.5) is 4.79 Å². The third-order valence-electron chi connectivity index (χ3n) is 4.02. The Hall–Kier alpha value is -1.57. The number of carbonyl (C=O) groups is 2. The first kappa shape index (κ1) is 17.8. The lowest BCUT2D eigenvalue weighted by Crippen LogP contribution is -2.53. The van der Waals surface area contributed by atoms with Crippen molar-refractivity contribution in [2.45, 2.75) is 56.4 Å². The van der Waals surface area contributed by atoms with Crippen molar-refractivity contribution in [2.24, 2.45) is 5.92 Å². The number of nitrogens with one attached hydrogen (secondary N) is 1. The average Bonchev–Trinajstić information content (AvgIpc) is 3.28. The number of hydrogen-bond acceptors (Lipinski definition) is 5. The van der Waals surface area contributed by atoms with Gasteiger partial charge in [-0.3, -0.25) is 4.79 Å². The second-order valence-electron chi connectivity index (χ2n) is 7.16. The van der Waals surface area contributed by atoms with Gasteiger partial charge in [0.25, 0.3) is 5.91 Å². The van der Waals surface area contributed by atoms with Crippen molar-refractivity contribution in [3.63, 3.8) is 0 Å². The number of carbonyl (C=O) groups excluding carboxylic acids is 2. The third kappa shape index (κ3) is 3.52. The smallest absolute Gasteiger partial charge is 0.408 e. The molecule has 0 aromatic heterocycles. The Morgan fingerprint density at radius 1 is 1.35 bits per heavy atom. The van der Waals surface area contributed by atoms with Crippen LogP contribution < -0.4 is 5.32 Å². The number of nitrogens with zero attached hydrogens (tertiary/aromatic N) is 1. The molecule has 0 aromatic rings. The average molecular weight is 344 g/mol. The Kier molecular flexibility index (Phi) is 4.26. The Labute approximate surface area is 137 Å². The summed E-state index contributed by atoms with van der Waals surface area (Å²) < 4.78 is 30.5. The highest BCUT2D eigenvalue weighted by molar-refractivity contribution is 7.90. The Bertz CT molecular complexity index is 633. The molecule has 23 heavy (non-hydrogen) atoms. The largest absolute Gasteiger partial charge is 0.444 e. The van der Waals surface area contributed by atoms with Gasteiger partial charge in [-0.2, -0.15) is 0 Å². The summed E-state index contributed by atoms with van der Waals surface area (Å²) in [5.41, 5.74) is -1.99. The molecule has 130 valence electrons. The number of alkyl carbamates (subject to hydrolysis) is 1. The van der Waals surface area contributed by atoms with E-state index < -0.39 is 38.4 Å². The minimum Gasteiger partial charge on any atom is -0.444 e. The summed E-state index contributed by atoms with van der Waals surface area (Å²) in [6.45, 7) is 8.77. The SMILES string of the molecule is C=CC1CC1(NC(=O)OC(C)(C)C)C(=O)N(C)S(=O)(=O)C1CC1. The molecule has 2 fully saturated rings. The maximum absolute atomic E-state index is 12.7. The lowest BCUT2D eigenvalue weighted by atomic mass is 10.2. The summed E-state index contributed by atoms with van der Waals surface area (Å²) in [6, 6.07) is 0. The maximum Gasteiger partial charge on any atom is 0.408 e. The predicted octanol–water partition coefficient (Wildman–Crippen LogP) is 1.41. The van der Waals surface area contributed by atoms with E-state index in [4.69, 9.17) is 4.74 Å². The minimum absolute atomic E-state index is 0.306. The normalized spacial score (nSPS) is 27.0. The van der Waals surface area contributed by atoms with Gasteiger partial charge in [0.05, 0.1) is 5.25 Å². The molecule has 2 rings (SSSR count). The van der Waals surface area contributed by atoms with E-state index >= 15 is 0 Å². The fourth-order valence-corrected chi connectivity index (χ4v) is 4.06. The molecule has 2 saturated carbocycles. The van der Waals surface area contributed by atoms with Gasteiger partial charge in [-0.15, -0.1) is 6.58 Å². The van der Waals surface area contributed by atoms with Gasteiger partial charge in [0, 0.05) is 13.0 Å². The summed E-state index contributed by atoms with van der Waals surface area (Å²) in [6.07, 6.45) is 2.26. The summed E-state index contributed by atoms with van der Waals surface area (Å²) in [5.74, 6) is -0.945. The molecule has 0 heterocycles. The van der Waals surface area contributed by atoms with Crippen molar-refractivity contribution < 1.29 is 22.7 Å². The molecule has 0 aliphatic heterocycles. The van der Waals surface area contributed by atoms with Crippen LogP contribution in [0.1, 0.15) is 40.0 Å². The molecule has 0 saturated heterocycles. The van der Waals surface area contributed by atoms with Crippen molar-refractivity contribution >= 4 is 22.0 Å². The first-order valence-corrected chi connectivity index (χ1v) is 9.10. The van der Waals surface area contributed by atoms with E-state index in [2.05, 4.69) is 11.9 Å². The number of ether oxygens (including phenoxy) is 1. The predicted molar refractivity (Wildman–Crippen MR) is 85.1 cm³/mol. The van der Waals surface area contributed by atoms with E-state index in [1.807, 2.05) is 0 Å². The lowest BCUT2D eigenvalue weighted by molar-refractivity contribution is -0.129. The van der Waals surface area contributed by atoms with Gasteiger partial charge in [-0.25, -0.2) is 17.5 Å². The van der Waals surface area contributed by atoms with E-state index in [-0.39, 0.29) is 5.92 Å². The number of sulfonamides is 1. The molecule has 0 aromatic carbocycles. The monoisotopic (exact) mass is 344 g/mol. The van der Waals surface area contributed by atoms with Crippen LogP contribution in [-0.4, -0.2) is 48.2 Å². The zero-order valence-electron chi connectivity index (χ0n) is 14.0. The fourth-order valence-electron chi connectivity index (χ4n) is 2.49. The molecule has 7 nitrogen and oxygen atoms in total. The van der Waals surface area contributed by atoms with E-state index in [0.717, 1.165) is 4.31 Å². The molecule has 8 heteroatoms. The zero-order valence-corrected chi connectivity index (χ0v) is 14.8. The molecular weight excluding hydrogens is 320 g/mol. The summed E-state index contributed by atoms with van der Waals surface area (Å²) in [5, 5.41) is 2.06. The Balaban J connectivity index is 2.16. The Morgan fingerprint density at radius 3 is 2.30 bits per heavy atom. The van der Waals surface area contributed by atoms with Crippen molar-refractivity contribution in [1.29, 1.82) is 0 Å². The van der Waals surface area contributed by atoms with Crippen molar-refractivity contribution in [1.82, 2.24) is 9.62 Å². The standard InChI is InChI=1S/C15H24N2O5S/c1-6-10-9-15(10,16-13(19)22-14(2,3)4)12(18)17(5)23(20,21)11-7-8-11/h6,10-11H,1,7-9H2,2-5H3,(H,16,19). The highest BCUT2D eigenvalue weighted by Crippen LogP contribution is 2.46. The van der Waals surface area contributed by atoms with Crippen molar-refractivity contribution in [2.75, 3.05) is 7.05 Å². The molecule has 0 spiro atoms. The molecule has 2 atom stereocenters. The lowest BCUT2D eigenvalue weighted by Gasteiger charge is -2.26. The van der Waals surface area contributed by atoms with Crippen molar-refractivity contribution in [3.05, 3.63) is 12.7 Å². The molecule has 1 N–H and O–H groups in total. The number of likely N-dealkylation sites (N-methyl/N-ethyl adjacent to an activating group) is 1. The molecular formula is C15H24N2O5S. The van der Waals surface area contributed by atoms with Gasteiger partial charge in [0.2, 0.25) is 10.0 Å². The molecule has 2 amide bonds. The first-order valence-electron chi connectivity index (χ1n) is 7.60. The molecule has 0 radical (unpaired) electrons. The number of hydrogen-bond donors (Lipinski definition) is 1. The van der Waals surface area contributed by atoms with Gasteiger partial charge in [0.1, 0.15) is 11.1 Å². The quantitative estimate of drug-likeness (QED) is 0.761. The van der Waals surface area contributed by atoms with Crippen LogP contribution in [0.2, 0.25) is 0 Å². The fraction of sp³-hybridized carbons (Fsp3) is 0.733. The molecule has 2 aliphatic rings. The first-order chi connectivity index (χ1) is 10.4. The summed E-state index contributed by atoms with van der Waals surface area (Å²) in [7, 11) is -2.41. The third-order valence-corrected chi connectivity index (χ3v) is 6.26. The summed E-state index contributed by atoms with van der Waals surface area (Å²) >= 11 is 0. The van der Waals surface area contributed by atoms with Crippen LogP contribution in [0, 0.1) is 5.92 Å². The van der Waals surface area contributed by atoms with Gasteiger partial charge in [-0.05, 0) is 40.0 Å². The van der Waals surface area contributed by atoms with Crippen LogP contribution in [0.15, 0.2) is 12.7 Å². The number of rotatable bonds is 5. The molecule has 2 unspecified atom stereocenters. The minimum atomic E-state index is -3.65. The van der Waals surface area contributed by atoms with Crippen LogP contribution in [0.5, 0.6) is 0 Å². The van der Waals surface area contributed by atoms with Gasteiger partial charge in [-0.1, -0.05) is 6.08 Å². The summed E-state index contributed by atoms with van der Waals surface area (Å²) in [4.78, 5) is 24.7. The van der Waals surface area contributed by atoms with E-state index in [9.17, 15) is 18.0 Å². The number of amides is 2. The van der Waals surface area contributed by atoms with Gasteiger partial charge in [0.15, 0.2) is 0 Å². The van der Waals surface area contributed by atoms with E-state index in [1.165, 1.54) is 7.05 Å². The zero-order chi connectivity index (χ0) is 17.6. The van der Waals surface area contributed by atoms with Crippen LogP contribution in [0.3, 0.4) is 0 Å². The van der Waals surface area contributed by atoms with E-state index in [1.54, 1.807) is 26.8 Å². The highest BCUT2D eigenvalue weighted by atomic mass is 32.2. The van der Waals surface area contributed by atoms with Crippen LogP contribution >= 0.6 is 0 Å². The highest BCUT2D eigenvalue weighted by Gasteiger charge is 2.63. The maximum atomic E-state index is 12.7. The second-order valence-corrected chi connectivity index (χ2v) is 9.41. The van der Waals surface area contributed by atoms with Crippen LogP contribution in [0.25, 0.3) is 0 Å². The molecule has 0 bridgehead atoms. The van der Waals surface area contributed by atoms with Gasteiger partial charge >= 0.3 is 6.09 Å². The second kappa shape index (κ2) is 5.51. The Morgan fingerprint density at radius 2 is 1.91 bits per heavy atom. The van der Waals surface area contributed by atoms with Crippen LogP contribution in [-0.2, 0) is 19.6 Å². The van der Waals surface area contributed by atoms with Gasteiger partial charge < -0.3 is 10.1 Å². The van der Waals surface area contributed by atoms with E-state index in [0.29, 0.717) is 19.3 Å². The molecule has 2 aliphatic carbocycles.